The van der Waals surface area contributed by atoms with Gasteiger partial charge in [0.25, 0.3) is 0 Å². The van der Waals surface area contributed by atoms with Gasteiger partial charge in [-0.3, -0.25) is 0 Å². The fourth-order valence-electron chi connectivity index (χ4n) is 4.54. The van der Waals surface area contributed by atoms with Gasteiger partial charge in [-0.15, -0.1) is 0 Å². The predicted molar refractivity (Wildman–Crippen MR) is 112 cm³/mol. The molecule has 0 aliphatic carbocycles. The summed E-state index contributed by atoms with van der Waals surface area (Å²) in [4.78, 5) is 0. The lowest BCUT2D eigenvalue weighted by molar-refractivity contribution is -0.401. The van der Waals surface area contributed by atoms with E-state index in [1.165, 1.54) is 39.1 Å². The lowest BCUT2D eigenvalue weighted by atomic mass is 9.81. The Hall–Kier alpha value is -2.61. The molecule has 0 unspecified atom stereocenters. The number of aromatic nitrogens is 1. The minimum atomic E-state index is 0.0128. The largest absolute Gasteiger partial charge is 0.345 e. The summed E-state index contributed by atoms with van der Waals surface area (Å²) in [5, 5.41) is 1.33. The van der Waals surface area contributed by atoms with Crippen LogP contribution >= 0.6 is 0 Å². The second-order valence-corrected chi connectivity index (χ2v) is 7.68. The number of aryl methyl sites for hydroxylation is 1. The molecule has 0 radical (unpaired) electrons. The maximum atomic E-state index is 2.40. The first kappa shape index (κ1) is 16.8. The number of allylic oxidation sites excluding steroid dienone is 1. The van der Waals surface area contributed by atoms with Crippen molar-refractivity contribution in [3.05, 3.63) is 71.4 Å². The lowest BCUT2D eigenvalue weighted by Crippen LogP contribution is -2.26. The number of fused-ring (bicyclic) bond motifs is 2. The van der Waals surface area contributed by atoms with Crippen LogP contribution in [0.4, 0.5) is 5.69 Å². The van der Waals surface area contributed by atoms with Crippen molar-refractivity contribution in [2.24, 2.45) is 0 Å². The number of hydrogen-bond acceptors (Lipinski definition) is 0. The molecule has 0 N–H and O–H groups in total. The maximum absolute atomic E-state index is 2.40. The highest BCUT2D eigenvalue weighted by Crippen LogP contribution is 2.39. The van der Waals surface area contributed by atoms with Crippen LogP contribution in [0.5, 0.6) is 0 Å². The van der Waals surface area contributed by atoms with Gasteiger partial charge in [-0.2, -0.15) is 4.58 Å². The first-order valence-electron chi connectivity index (χ1n) is 9.43. The molecule has 1 aliphatic rings. The SMILES string of the molecule is CCn1c(C)c(C=CC2=[N+](C)c3ccccc3C2(C)C)c2ccccc21. The summed E-state index contributed by atoms with van der Waals surface area (Å²) in [6, 6.07) is 17.4. The molecule has 0 spiro atoms. The number of para-hydroxylation sites is 2. The van der Waals surface area contributed by atoms with Gasteiger partial charge in [-0.1, -0.05) is 36.4 Å². The molecule has 3 aromatic rings. The standard InChI is InChI=1S/C24H27N2/c1-6-26-17(2)18(19-11-7-9-13-21(19)26)15-16-23-24(3,4)20-12-8-10-14-22(20)25(23)5/h7-16H,6H2,1-5H3/q+1. The highest BCUT2D eigenvalue weighted by Gasteiger charge is 2.42. The molecule has 2 heterocycles. The average molecular weight is 343 g/mol. The van der Waals surface area contributed by atoms with E-state index in [2.05, 4.69) is 105 Å². The van der Waals surface area contributed by atoms with E-state index in [9.17, 15) is 0 Å². The number of rotatable bonds is 3. The molecule has 0 bridgehead atoms. The van der Waals surface area contributed by atoms with Crippen molar-refractivity contribution in [1.29, 1.82) is 0 Å². The summed E-state index contributed by atoms with van der Waals surface area (Å²) in [6.07, 6.45) is 4.62. The van der Waals surface area contributed by atoms with E-state index >= 15 is 0 Å². The van der Waals surface area contributed by atoms with Crippen molar-refractivity contribution in [2.45, 2.75) is 39.7 Å². The van der Waals surface area contributed by atoms with Gasteiger partial charge in [0.1, 0.15) is 7.05 Å². The van der Waals surface area contributed by atoms with Crippen LogP contribution in [0.25, 0.3) is 17.0 Å². The fourth-order valence-corrected chi connectivity index (χ4v) is 4.54. The Morgan fingerprint density at radius 3 is 2.42 bits per heavy atom. The van der Waals surface area contributed by atoms with Crippen LogP contribution in [0.15, 0.2) is 54.6 Å². The third-order valence-corrected chi connectivity index (χ3v) is 5.94. The quantitative estimate of drug-likeness (QED) is 0.540. The summed E-state index contributed by atoms with van der Waals surface area (Å²) in [5.41, 5.74) is 8.04. The van der Waals surface area contributed by atoms with E-state index in [-0.39, 0.29) is 5.41 Å². The van der Waals surface area contributed by atoms with Gasteiger partial charge in [-0.05, 0) is 39.8 Å². The fraction of sp³-hybridized carbons (Fsp3) is 0.292. The van der Waals surface area contributed by atoms with Gasteiger partial charge in [0.05, 0.1) is 5.41 Å². The van der Waals surface area contributed by atoms with E-state index in [4.69, 9.17) is 0 Å². The van der Waals surface area contributed by atoms with Crippen LogP contribution in [0.3, 0.4) is 0 Å². The van der Waals surface area contributed by atoms with Crippen LogP contribution < -0.4 is 0 Å². The molecule has 4 rings (SSSR count). The summed E-state index contributed by atoms with van der Waals surface area (Å²) >= 11 is 0. The van der Waals surface area contributed by atoms with Gasteiger partial charge in [0.15, 0.2) is 5.71 Å². The molecule has 0 atom stereocenters. The van der Waals surface area contributed by atoms with E-state index in [0.29, 0.717) is 0 Å². The van der Waals surface area contributed by atoms with Gasteiger partial charge in [0, 0.05) is 46.4 Å². The van der Waals surface area contributed by atoms with Crippen LogP contribution in [0.2, 0.25) is 0 Å². The number of hydrogen-bond donors (Lipinski definition) is 0. The average Bonchev–Trinajstić information content (AvgIpc) is 3.02. The first-order chi connectivity index (χ1) is 12.5. The van der Waals surface area contributed by atoms with Crippen LogP contribution in [0.1, 0.15) is 37.6 Å². The Kier molecular flexibility index (Phi) is 3.87. The third kappa shape index (κ3) is 2.28. The zero-order valence-electron chi connectivity index (χ0n) is 16.4. The zero-order chi connectivity index (χ0) is 18.5. The Morgan fingerprint density at radius 2 is 1.69 bits per heavy atom. The normalized spacial score (nSPS) is 16.0. The van der Waals surface area contributed by atoms with Crippen LogP contribution in [0, 0.1) is 6.92 Å². The first-order valence-corrected chi connectivity index (χ1v) is 9.43. The minimum Gasteiger partial charge on any atom is -0.345 e. The summed E-state index contributed by atoms with van der Waals surface area (Å²) < 4.78 is 4.73. The number of benzene rings is 2. The Morgan fingerprint density at radius 1 is 1.00 bits per heavy atom. The summed E-state index contributed by atoms with van der Waals surface area (Å²) in [5.74, 6) is 0. The second kappa shape index (κ2) is 5.98. The Balaban J connectivity index is 1.85. The Bertz CT molecular complexity index is 1060. The molecule has 0 saturated heterocycles. The molecule has 1 aromatic heterocycles. The molecular formula is C24H27N2+. The van der Waals surface area contributed by atoms with Crippen molar-refractivity contribution < 1.29 is 4.58 Å². The van der Waals surface area contributed by atoms with Gasteiger partial charge in [0.2, 0.25) is 5.69 Å². The second-order valence-electron chi connectivity index (χ2n) is 7.68. The van der Waals surface area contributed by atoms with E-state index < -0.39 is 0 Å². The van der Waals surface area contributed by atoms with Crippen molar-refractivity contribution >= 4 is 28.4 Å². The molecule has 26 heavy (non-hydrogen) atoms. The van der Waals surface area contributed by atoms with Gasteiger partial charge in [-0.25, -0.2) is 0 Å². The molecule has 0 amide bonds. The molecule has 2 heteroatoms. The minimum absolute atomic E-state index is 0.0128. The molecular weight excluding hydrogens is 316 g/mol. The van der Waals surface area contributed by atoms with Crippen LogP contribution in [-0.4, -0.2) is 21.9 Å². The van der Waals surface area contributed by atoms with E-state index in [1.54, 1.807) is 0 Å². The molecule has 0 saturated carbocycles. The molecule has 2 nitrogen and oxygen atoms in total. The van der Waals surface area contributed by atoms with Gasteiger partial charge >= 0.3 is 0 Å². The third-order valence-electron chi connectivity index (χ3n) is 5.94. The van der Waals surface area contributed by atoms with E-state index in [1.807, 2.05) is 0 Å². The smallest absolute Gasteiger partial charge is 0.209 e. The van der Waals surface area contributed by atoms with Crippen molar-refractivity contribution in [3.63, 3.8) is 0 Å². The van der Waals surface area contributed by atoms with Crippen molar-refractivity contribution in [2.75, 3.05) is 7.05 Å². The van der Waals surface area contributed by atoms with Gasteiger partial charge < -0.3 is 4.57 Å². The molecule has 1 aliphatic heterocycles. The summed E-state index contributed by atoms with van der Waals surface area (Å²) in [6.45, 7) is 10.1. The van der Waals surface area contributed by atoms with Crippen LogP contribution in [-0.2, 0) is 12.0 Å². The molecule has 2 aromatic carbocycles. The zero-order valence-corrected chi connectivity index (χ0v) is 16.4. The predicted octanol–water partition coefficient (Wildman–Crippen LogP) is 5.69. The van der Waals surface area contributed by atoms with E-state index in [0.717, 1.165) is 6.54 Å². The number of nitrogens with zero attached hydrogens (tertiary/aromatic N) is 2. The maximum Gasteiger partial charge on any atom is 0.209 e. The monoisotopic (exact) mass is 343 g/mol. The van der Waals surface area contributed by atoms with Crippen molar-refractivity contribution in [3.8, 4) is 0 Å². The van der Waals surface area contributed by atoms with Crippen molar-refractivity contribution in [1.82, 2.24) is 4.57 Å². The highest BCUT2D eigenvalue weighted by atomic mass is 15.0. The molecule has 132 valence electrons. The Labute approximate surface area is 156 Å². The topological polar surface area (TPSA) is 7.94 Å². The molecule has 0 fully saturated rings. The lowest BCUT2D eigenvalue weighted by Gasteiger charge is -2.15. The highest BCUT2D eigenvalue weighted by molar-refractivity contribution is 6.06. The summed E-state index contributed by atoms with van der Waals surface area (Å²) in [7, 11) is 2.18.